The zero-order valence-corrected chi connectivity index (χ0v) is 24.8. The molecule has 1 aromatic heterocycles. The van der Waals surface area contributed by atoms with E-state index in [1.54, 1.807) is 13.8 Å². The molecule has 0 saturated carbocycles. The molecule has 3 amide bonds. The van der Waals surface area contributed by atoms with Gasteiger partial charge in [0.05, 0.1) is 17.3 Å². The molecule has 2 aromatic rings. The van der Waals surface area contributed by atoms with Gasteiger partial charge in [-0.05, 0) is 84.5 Å². The highest BCUT2D eigenvalue weighted by atomic mass is 19.1. The summed E-state index contributed by atoms with van der Waals surface area (Å²) in [5, 5.41) is 2.99. The van der Waals surface area contributed by atoms with Crippen LogP contribution in [-0.2, 0) is 0 Å². The van der Waals surface area contributed by atoms with Crippen LogP contribution in [0.1, 0.15) is 87.1 Å². The molecule has 1 saturated heterocycles. The molecule has 1 aromatic carbocycles. The second-order valence-corrected chi connectivity index (χ2v) is 11.7. The van der Waals surface area contributed by atoms with Crippen LogP contribution in [0.4, 0.5) is 9.18 Å². The van der Waals surface area contributed by atoms with Gasteiger partial charge in [-0.2, -0.15) is 4.39 Å². The minimum absolute atomic E-state index is 0.0538. The van der Waals surface area contributed by atoms with Gasteiger partial charge in [0.15, 0.2) is 0 Å². The quantitative estimate of drug-likeness (QED) is 0.350. The van der Waals surface area contributed by atoms with Gasteiger partial charge in [-0.1, -0.05) is 37.3 Å². The average Bonchev–Trinajstić information content (AvgIpc) is 3.20. The molecule has 2 atom stereocenters. The van der Waals surface area contributed by atoms with Gasteiger partial charge in [0, 0.05) is 37.8 Å². The van der Waals surface area contributed by atoms with Crippen molar-refractivity contribution in [2.45, 2.75) is 85.4 Å². The first-order valence-electron chi connectivity index (χ1n) is 14.2. The van der Waals surface area contributed by atoms with Crippen LogP contribution >= 0.6 is 0 Å². The molecule has 39 heavy (non-hydrogen) atoms. The number of halogens is 1. The molecule has 1 unspecified atom stereocenters. The molecule has 1 fully saturated rings. The van der Waals surface area contributed by atoms with Crippen molar-refractivity contribution in [2.75, 3.05) is 32.7 Å². The van der Waals surface area contributed by atoms with Crippen LogP contribution in [0.25, 0.3) is 0 Å². The van der Waals surface area contributed by atoms with Crippen LogP contribution in [-0.4, -0.2) is 75.9 Å². The van der Waals surface area contributed by atoms with Crippen molar-refractivity contribution in [1.82, 2.24) is 25.0 Å². The van der Waals surface area contributed by atoms with Crippen molar-refractivity contribution in [3.05, 3.63) is 64.7 Å². The summed E-state index contributed by atoms with van der Waals surface area (Å²) in [7, 11) is 0. The molecular formula is C31H46FN5O2. The van der Waals surface area contributed by atoms with Gasteiger partial charge in [0.1, 0.15) is 0 Å². The molecular weight excluding hydrogens is 493 g/mol. The van der Waals surface area contributed by atoms with Crippen LogP contribution in [0.5, 0.6) is 0 Å². The van der Waals surface area contributed by atoms with Crippen molar-refractivity contribution >= 4 is 11.9 Å². The van der Waals surface area contributed by atoms with E-state index < -0.39 is 5.95 Å². The first-order chi connectivity index (χ1) is 18.4. The van der Waals surface area contributed by atoms with Gasteiger partial charge in [0.2, 0.25) is 5.95 Å². The zero-order chi connectivity index (χ0) is 28.7. The molecule has 1 aliphatic heterocycles. The van der Waals surface area contributed by atoms with E-state index >= 15 is 0 Å². The smallest absolute Gasteiger partial charge is 0.321 e. The number of nitrogens with one attached hydrogen (secondary N) is 1. The maximum atomic E-state index is 13.5. The summed E-state index contributed by atoms with van der Waals surface area (Å²) in [6.45, 7) is 17.8. The fraction of sp³-hybridized carbons (Fsp3) is 0.581. The van der Waals surface area contributed by atoms with Crippen LogP contribution in [0.2, 0.25) is 0 Å². The molecule has 2 heterocycles. The van der Waals surface area contributed by atoms with E-state index in [1.165, 1.54) is 11.6 Å². The van der Waals surface area contributed by atoms with E-state index in [2.05, 4.69) is 62.0 Å². The predicted octanol–water partition coefficient (Wildman–Crippen LogP) is 5.73. The minimum atomic E-state index is -0.567. The second-order valence-electron chi connectivity index (χ2n) is 11.7. The Hall–Kier alpha value is -3.00. The molecule has 0 bridgehead atoms. The van der Waals surface area contributed by atoms with Gasteiger partial charge in [-0.25, -0.2) is 9.78 Å². The lowest BCUT2D eigenvalue weighted by Crippen LogP contribution is -2.44. The largest absolute Gasteiger partial charge is 0.352 e. The molecule has 8 heteroatoms. The Labute approximate surface area is 233 Å². The third-order valence-electron chi connectivity index (χ3n) is 7.62. The summed E-state index contributed by atoms with van der Waals surface area (Å²) in [5.41, 5.74) is 2.39. The van der Waals surface area contributed by atoms with Crippen LogP contribution in [0, 0.1) is 19.8 Å². The normalized spacial score (nSPS) is 16.7. The lowest BCUT2D eigenvalue weighted by atomic mass is 10.0. The summed E-state index contributed by atoms with van der Waals surface area (Å²) in [4.78, 5) is 36.4. The van der Waals surface area contributed by atoms with E-state index in [-0.39, 0.29) is 29.6 Å². The van der Waals surface area contributed by atoms with Gasteiger partial charge in [-0.15, -0.1) is 0 Å². The standard InChI is InChI=1S/C31H46FN5O2/c1-8-17-35(23(3)15-16-33-29(38)28-22(2)20-27(32)34-24(28)4)18-12-19-36-26(25-13-10-9-11-14-25)21-37(30(36)39)31(5,6)7/h9-11,13-14,20,23,26H,8,12,15-19,21H2,1-7H3,(H,33,38)/t23?,26-/m0/s1. The SMILES string of the molecule is CCCN(CCCN1C(=O)N(C(C)(C)C)C[C@H]1c1ccccc1)C(C)CCNC(=O)c1c(C)cc(F)nc1C. The Balaban J connectivity index is 1.57. The van der Waals surface area contributed by atoms with E-state index in [0.717, 1.165) is 32.4 Å². The maximum Gasteiger partial charge on any atom is 0.321 e. The molecule has 7 nitrogen and oxygen atoms in total. The fourth-order valence-corrected chi connectivity index (χ4v) is 5.49. The number of hydrogen-bond acceptors (Lipinski definition) is 4. The number of pyridine rings is 1. The first kappa shape index (κ1) is 30.5. The average molecular weight is 540 g/mol. The summed E-state index contributed by atoms with van der Waals surface area (Å²) in [6, 6.07) is 12.0. The Morgan fingerprint density at radius 3 is 2.51 bits per heavy atom. The summed E-state index contributed by atoms with van der Waals surface area (Å²) in [5.74, 6) is -0.781. The van der Waals surface area contributed by atoms with Crippen molar-refractivity contribution in [3.63, 3.8) is 0 Å². The number of aryl methyl sites for hydroxylation is 2. The zero-order valence-electron chi connectivity index (χ0n) is 24.8. The number of aromatic nitrogens is 1. The Morgan fingerprint density at radius 2 is 1.90 bits per heavy atom. The lowest BCUT2D eigenvalue weighted by molar-refractivity contribution is 0.0946. The minimum Gasteiger partial charge on any atom is -0.352 e. The topological polar surface area (TPSA) is 68.8 Å². The molecule has 0 aliphatic carbocycles. The molecule has 0 spiro atoms. The molecule has 214 valence electrons. The Morgan fingerprint density at radius 1 is 1.21 bits per heavy atom. The summed E-state index contributed by atoms with van der Waals surface area (Å²) in [6.07, 6.45) is 2.71. The van der Waals surface area contributed by atoms with Crippen molar-refractivity contribution in [3.8, 4) is 0 Å². The molecule has 0 radical (unpaired) electrons. The highest BCUT2D eigenvalue weighted by molar-refractivity contribution is 5.96. The van der Waals surface area contributed by atoms with Gasteiger partial charge >= 0.3 is 6.03 Å². The first-order valence-corrected chi connectivity index (χ1v) is 14.2. The monoisotopic (exact) mass is 539 g/mol. The van der Waals surface area contributed by atoms with E-state index in [9.17, 15) is 14.0 Å². The van der Waals surface area contributed by atoms with Gasteiger partial charge < -0.3 is 20.0 Å². The number of carbonyl (C=O) groups is 2. The van der Waals surface area contributed by atoms with E-state index in [1.807, 2.05) is 28.0 Å². The molecule has 3 rings (SSSR count). The number of amides is 3. The lowest BCUT2D eigenvalue weighted by Gasteiger charge is -2.32. The fourth-order valence-electron chi connectivity index (χ4n) is 5.49. The highest BCUT2D eigenvalue weighted by Crippen LogP contribution is 2.33. The molecule has 1 N–H and O–H groups in total. The Kier molecular flexibility index (Phi) is 10.5. The summed E-state index contributed by atoms with van der Waals surface area (Å²) >= 11 is 0. The predicted molar refractivity (Wildman–Crippen MR) is 154 cm³/mol. The van der Waals surface area contributed by atoms with Crippen molar-refractivity contribution < 1.29 is 14.0 Å². The number of urea groups is 1. The van der Waals surface area contributed by atoms with Crippen molar-refractivity contribution in [1.29, 1.82) is 0 Å². The maximum absolute atomic E-state index is 13.5. The number of benzene rings is 1. The second kappa shape index (κ2) is 13.4. The number of rotatable bonds is 12. The summed E-state index contributed by atoms with van der Waals surface area (Å²) < 4.78 is 13.5. The Bertz CT molecular complexity index is 1090. The van der Waals surface area contributed by atoms with Crippen molar-refractivity contribution in [2.24, 2.45) is 0 Å². The number of nitrogens with zero attached hydrogens (tertiary/aromatic N) is 4. The van der Waals surface area contributed by atoms with E-state index in [0.29, 0.717) is 36.5 Å². The van der Waals surface area contributed by atoms with Gasteiger partial charge in [0.25, 0.3) is 5.91 Å². The van der Waals surface area contributed by atoms with E-state index in [4.69, 9.17) is 0 Å². The van der Waals surface area contributed by atoms with Gasteiger partial charge in [-0.3, -0.25) is 4.79 Å². The molecule has 1 aliphatic rings. The number of hydrogen-bond donors (Lipinski definition) is 1. The van der Waals surface area contributed by atoms with Crippen LogP contribution in [0.3, 0.4) is 0 Å². The van der Waals surface area contributed by atoms with Crippen LogP contribution < -0.4 is 5.32 Å². The van der Waals surface area contributed by atoms with Crippen LogP contribution in [0.15, 0.2) is 36.4 Å². The third kappa shape index (κ3) is 7.78. The highest BCUT2D eigenvalue weighted by Gasteiger charge is 2.42. The number of carbonyl (C=O) groups excluding carboxylic acids is 2. The third-order valence-corrected chi connectivity index (χ3v) is 7.62.